The van der Waals surface area contributed by atoms with Crippen LogP contribution in [0, 0.1) is 7.14 Å². The van der Waals surface area contributed by atoms with Crippen molar-refractivity contribution in [2.24, 2.45) is 4.99 Å². The molecule has 0 fully saturated rings. The van der Waals surface area contributed by atoms with Gasteiger partial charge in [0.05, 0.1) is 12.7 Å². The summed E-state index contributed by atoms with van der Waals surface area (Å²) in [5.41, 5.74) is 2.92. The van der Waals surface area contributed by atoms with Crippen molar-refractivity contribution in [2.75, 3.05) is 0 Å². The predicted molar refractivity (Wildman–Crippen MR) is 145 cm³/mol. The van der Waals surface area contributed by atoms with Gasteiger partial charge in [-0.2, -0.15) is 0 Å². The van der Waals surface area contributed by atoms with Crippen LogP contribution in [0.1, 0.15) is 16.7 Å². The van der Waals surface area contributed by atoms with E-state index in [2.05, 4.69) is 82.0 Å². The Hall–Kier alpha value is -1.24. The van der Waals surface area contributed by atoms with E-state index in [0.717, 1.165) is 38.5 Å². The highest BCUT2D eigenvalue weighted by molar-refractivity contribution is 14.1. The Kier molecular flexibility index (Phi) is 7.50. The number of nitrogens with zero attached hydrogens (tertiary/aromatic N) is 1. The minimum absolute atomic E-state index is 0.263. The second-order valence-electron chi connectivity index (χ2n) is 6.51. The number of aliphatic imine (C=N–C) groups is 1. The van der Waals surface area contributed by atoms with Gasteiger partial charge in [-0.15, -0.1) is 0 Å². The molecular weight excluding hydrogens is 752 g/mol. The quantitative estimate of drug-likeness (QED) is 0.155. The fourth-order valence-electron chi connectivity index (χ4n) is 2.88. The molecule has 0 amide bonds. The average Bonchev–Trinajstić information content (AvgIpc) is 3.09. The van der Waals surface area contributed by atoms with Gasteiger partial charge in [0.2, 0.25) is 5.90 Å². The maximum absolute atomic E-state index is 12.3. The van der Waals surface area contributed by atoms with Gasteiger partial charge < -0.3 is 9.47 Å². The summed E-state index contributed by atoms with van der Waals surface area (Å²) in [6.45, 7) is 0.458. The van der Waals surface area contributed by atoms with E-state index in [9.17, 15) is 4.79 Å². The number of rotatable bonds is 5. The number of cyclic esters (lactones) is 1. The molecule has 156 valence electrons. The second-order valence-corrected chi connectivity index (χ2v) is 10.5. The smallest absolute Gasteiger partial charge is 0.363 e. The van der Waals surface area contributed by atoms with Gasteiger partial charge in [-0.1, -0.05) is 46.3 Å². The van der Waals surface area contributed by atoms with Gasteiger partial charge in [-0.25, -0.2) is 9.79 Å². The summed E-state index contributed by atoms with van der Waals surface area (Å²) in [5.74, 6) is 0.636. The molecule has 0 saturated heterocycles. The topological polar surface area (TPSA) is 47.9 Å². The lowest BCUT2D eigenvalue weighted by Gasteiger charge is -2.12. The predicted octanol–water partition coefficient (Wildman–Crippen LogP) is 7.34. The van der Waals surface area contributed by atoms with Crippen LogP contribution in [0.2, 0.25) is 0 Å². The molecule has 0 radical (unpaired) electrons. The molecule has 1 aliphatic heterocycles. The second kappa shape index (κ2) is 10.1. The highest BCUT2D eigenvalue weighted by Crippen LogP contribution is 2.32. The molecule has 0 bridgehead atoms. The zero-order valence-corrected chi connectivity index (χ0v) is 23.2. The van der Waals surface area contributed by atoms with Crippen molar-refractivity contribution < 1.29 is 14.3 Å². The minimum atomic E-state index is -0.468. The zero-order valence-electron chi connectivity index (χ0n) is 15.7. The summed E-state index contributed by atoms with van der Waals surface area (Å²) in [6, 6.07) is 19.4. The Morgan fingerprint density at radius 2 is 1.61 bits per heavy atom. The van der Waals surface area contributed by atoms with Crippen molar-refractivity contribution in [1.82, 2.24) is 0 Å². The van der Waals surface area contributed by atoms with E-state index in [-0.39, 0.29) is 5.70 Å². The van der Waals surface area contributed by atoms with Crippen molar-refractivity contribution in [2.45, 2.75) is 6.61 Å². The number of hydrogen-bond donors (Lipinski definition) is 0. The van der Waals surface area contributed by atoms with Crippen molar-refractivity contribution in [3.8, 4) is 5.75 Å². The third-order valence-electron chi connectivity index (χ3n) is 4.38. The Bertz CT molecular complexity index is 1220. The summed E-state index contributed by atoms with van der Waals surface area (Å²) in [4.78, 5) is 16.7. The maximum Gasteiger partial charge on any atom is 0.363 e. The van der Waals surface area contributed by atoms with E-state index in [1.807, 2.05) is 60.7 Å². The lowest BCUT2D eigenvalue weighted by atomic mass is 10.2. The fourth-order valence-corrected chi connectivity index (χ4v) is 5.86. The maximum atomic E-state index is 12.3. The van der Waals surface area contributed by atoms with Gasteiger partial charge in [0, 0.05) is 14.5 Å². The first-order valence-electron chi connectivity index (χ1n) is 9.05. The van der Waals surface area contributed by atoms with E-state index in [1.165, 1.54) is 0 Å². The van der Waals surface area contributed by atoms with Crippen molar-refractivity contribution >= 4 is 95.0 Å². The molecule has 4 nitrogen and oxygen atoms in total. The lowest BCUT2D eigenvalue weighted by molar-refractivity contribution is -0.129. The van der Waals surface area contributed by atoms with E-state index in [1.54, 1.807) is 6.08 Å². The van der Waals surface area contributed by atoms with Crippen molar-refractivity contribution in [3.63, 3.8) is 0 Å². The third-order valence-corrected chi connectivity index (χ3v) is 7.45. The third kappa shape index (κ3) is 5.40. The van der Waals surface area contributed by atoms with Gasteiger partial charge in [0.25, 0.3) is 0 Å². The molecule has 8 heteroatoms. The first-order chi connectivity index (χ1) is 14.9. The Labute approximate surface area is 223 Å². The van der Waals surface area contributed by atoms with Crippen LogP contribution in [0.5, 0.6) is 5.75 Å². The summed E-state index contributed by atoms with van der Waals surface area (Å²) in [6.07, 6.45) is 1.73. The highest BCUT2D eigenvalue weighted by Gasteiger charge is 2.25. The number of carbonyl (C=O) groups excluding carboxylic acids is 1. The lowest BCUT2D eigenvalue weighted by Crippen LogP contribution is -2.05. The number of benzene rings is 3. The largest absolute Gasteiger partial charge is 0.487 e. The molecule has 0 saturated carbocycles. The van der Waals surface area contributed by atoms with Gasteiger partial charge >= 0.3 is 5.97 Å². The molecule has 3 aromatic carbocycles. The molecule has 0 N–H and O–H groups in total. The molecule has 1 aliphatic rings. The van der Waals surface area contributed by atoms with Crippen LogP contribution in [0.4, 0.5) is 0 Å². The Balaban J connectivity index is 1.58. The van der Waals surface area contributed by atoms with Crippen LogP contribution in [0.3, 0.4) is 0 Å². The van der Waals surface area contributed by atoms with E-state index < -0.39 is 5.97 Å². The van der Waals surface area contributed by atoms with E-state index >= 15 is 0 Å². The van der Waals surface area contributed by atoms with Gasteiger partial charge in [0.15, 0.2) is 5.70 Å². The number of esters is 1. The van der Waals surface area contributed by atoms with Crippen LogP contribution in [0.15, 0.2) is 80.3 Å². The monoisotopic (exact) mass is 763 g/mol. The molecule has 0 spiro atoms. The van der Waals surface area contributed by atoms with Crippen molar-refractivity contribution in [3.05, 3.63) is 99.1 Å². The van der Waals surface area contributed by atoms with Crippen LogP contribution >= 0.6 is 77.0 Å². The number of hydrogen-bond acceptors (Lipinski definition) is 4. The molecule has 1 heterocycles. The molecular formula is C23H13Br2I2NO3. The average molecular weight is 765 g/mol. The number of halogens is 4. The molecule has 0 aliphatic carbocycles. The van der Waals surface area contributed by atoms with Gasteiger partial charge in [-0.05, 0) is 103 Å². The highest BCUT2D eigenvalue weighted by atomic mass is 127. The number of ether oxygens (including phenoxy) is 2. The molecule has 0 atom stereocenters. The SMILES string of the molecule is O=C1OC(c2ccccc2Br)=N/C1=C\c1cc(I)c(OCc2ccccc2Br)c(I)c1. The van der Waals surface area contributed by atoms with Gasteiger partial charge in [0.1, 0.15) is 12.4 Å². The van der Waals surface area contributed by atoms with Crippen LogP contribution in [-0.4, -0.2) is 11.9 Å². The Morgan fingerprint density at radius 3 is 2.29 bits per heavy atom. The summed E-state index contributed by atoms with van der Waals surface area (Å²) >= 11 is 11.5. The molecule has 3 aromatic rings. The van der Waals surface area contributed by atoms with Crippen molar-refractivity contribution in [1.29, 1.82) is 0 Å². The summed E-state index contributed by atoms with van der Waals surface area (Å²) < 4.78 is 15.2. The normalized spacial score (nSPS) is 14.5. The Morgan fingerprint density at radius 1 is 0.968 bits per heavy atom. The van der Waals surface area contributed by atoms with E-state index in [4.69, 9.17) is 9.47 Å². The van der Waals surface area contributed by atoms with E-state index in [0.29, 0.717) is 12.5 Å². The van der Waals surface area contributed by atoms with Crippen LogP contribution < -0.4 is 4.74 Å². The van der Waals surface area contributed by atoms with Crippen LogP contribution in [0.25, 0.3) is 6.08 Å². The minimum Gasteiger partial charge on any atom is -0.487 e. The zero-order chi connectivity index (χ0) is 22.0. The molecule has 4 rings (SSSR count). The standard InChI is InChI=1S/C23H13Br2I2NO3/c24-16-7-3-1-5-14(16)12-30-21-18(26)9-13(10-19(21)27)11-20-23(29)31-22(28-20)15-6-2-4-8-17(15)25/h1-11H,12H2/b20-11-. The summed E-state index contributed by atoms with van der Waals surface area (Å²) in [5, 5.41) is 0. The summed E-state index contributed by atoms with van der Waals surface area (Å²) in [7, 11) is 0. The first-order valence-corrected chi connectivity index (χ1v) is 12.8. The molecule has 0 aromatic heterocycles. The fraction of sp³-hybridized carbons (Fsp3) is 0.0435. The van der Waals surface area contributed by atoms with Crippen LogP contribution in [-0.2, 0) is 16.1 Å². The van der Waals surface area contributed by atoms with Gasteiger partial charge in [-0.3, -0.25) is 0 Å². The number of carbonyl (C=O) groups is 1. The molecule has 31 heavy (non-hydrogen) atoms. The molecule has 0 unspecified atom stereocenters. The first kappa shape index (κ1) is 22.9.